The summed E-state index contributed by atoms with van der Waals surface area (Å²) in [5.74, 6) is 0. The number of fused-ring (bicyclic) bond motifs is 1. The van der Waals surface area contributed by atoms with E-state index in [1.807, 2.05) is 6.07 Å². The molecule has 3 N–H and O–H groups in total. The van der Waals surface area contributed by atoms with Crippen molar-refractivity contribution in [3.05, 3.63) is 34.2 Å². The Morgan fingerprint density at radius 3 is 2.88 bits per heavy atom. The van der Waals surface area contributed by atoms with E-state index >= 15 is 0 Å². The van der Waals surface area contributed by atoms with Gasteiger partial charge in [0.1, 0.15) is 0 Å². The summed E-state index contributed by atoms with van der Waals surface area (Å²) in [4.78, 5) is 16.7. The number of imidazole rings is 1. The summed E-state index contributed by atoms with van der Waals surface area (Å²) >= 11 is 0. The molecule has 0 amide bonds. The molecular formula is C13H17N3O. The van der Waals surface area contributed by atoms with Crippen LogP contribution in [-0.2, 0) is 6.42 Å². The first kappa shape index (κ1) is 10.6. The number of H-pyrrole nitrogens is 2. The predicted octanol–water partition coefficient (Wildman–Crippen LogP) is 1.54. The Kier molecular flexibility index (Phi) is 2.73. The minimum Gasteiger partial charge on any atom is -0.314 e. The molecule has 1 aliphatic rings. The van der Waals surface area contributed by atoms with E-state index in [-0.39, 0.29) is 5.69 Å². The maximum atomic E-state index is 11.1. The molecule has 3 rings (SSSR count). The highest BCUT2D eigenvalue weighted by Gasteiger charge is 2.19. The van der Waals surface area contributed by atoms with Crippen molar-refractivity contribution in [3.8, 4) is 0 Å². The van der Waals surface area contributed by atoms with Crippen LogP contribution in [0.25, 0.3) is 11.0 Å². The van der Waals surface area contributed by atoms with Crippen LogP contribution in [0.1, 0.15) is 24.8 Å². The van der Waals surface area contributed by atoms with Gasteiger partial charge in [0.25, 0.3) is 0 Å². The Labute approximate surface area is 99.4 Å². The van der Waals surface area contributed by atoms with E-state index in [9.17, 15) is 4.79 Å². The molecule has 1 aliphatic carbocycles. The second kappa shape index (κ2) is 4.37. The molecule has 4 nitrogen and oxygen atoms in total. The van der Waals surface area contributed by atoms with Crippen molar-refractivity contribution in [1.29, 1.82) is 0 Å². The summed E-state index contributed by atoms with van der Waals surface area (Å²) in [6.07, 6.45) is 4.90. The van der Waals surface area contributed by atoms with Crippen molar-refractivity contribution in [2.24, 2.45) is 0 Å². The maximum absolute atomic E-state index is 11.1. The van der Waals surface area contributed by atoms with Gasteiger partial charge >= 0.3 is 5.69 Å². The van der Waals surface area contributed by atoms with E-state index in [1.54, 1.807) is 0 Å². The number of nitrogens with one attached hydrogen (secondary N) is 3. The third kappa shape index (κ3) is 2.58. The monoisotopic (exact) mass is 231 g/mol. The lowest BCUT2D eigenvalue weighted by atomic mass is 10.1. The first-order valence-electron chi connectivity index (χ1n) is 6.25. The zero-order valence-electron chi connectivity index (χ0n) is 9.75. The smallest absolute Gasteiger partial charge is 0.314 e. The van der Waals surface area contributed by atoms with Crippen LogP contribution in [0.5, 0.6) is 0 Å². The Bertz CT molecular complexity index is 565. The van der Waals surface area contributed by atoms with Gasteiger partial charge in [0, 0.05) is 6.04 Å². The molecule has 0 unspecified atom stereocenters. The zero-order chi connectivity index (χ0) is 11.7. The number of aryl methyl sites for hydroxylation is 1. The van der Waals surface area contributed by atoms with Gasteiger partial charge in [-0.25, -0.2) is 4.79 Å². The second-order valence-electron chi connectivity index (χ2n) is 4.79. The fourth-order valence-corrected chi connectivity index (χ4v) is 2.12. The van der Waals surface area contributed by atoms with Gasteiger partial charge in [-0.1, -0.05) is 6.07 Å². The quantitative estimate of drug-likeness (QED) is 0.684. The first-order valence-corrected chi connectivity index (χ1v) is 6.25. The van der Waals surface area contributed by atoms with E-state index in [0.29, 0.717) is 0 Å². The third-order valence-electron chi connectivity index (χ3n) is 3.23. The van der Waals surface area contributed by atoms with E-state index < -0.39 is 0 Å². The van der Waals surface area contributed by atoms with Gasteiger partial charge in [0.05, 0.1) is 11.0 Å². The van der Waals surface area contributed by atoms with E-state index in [0.717, 1.165) is 36.5 Å². The average molecular weight is 231 g/mol. The number of aromatic amines is 2. The number of hydrogen-bond acceptors (Lipinski definition) is 2. The fraction of sp³-hybridized carbons (Fsp3) is 0.462. The highest BCUT2D eigenvalue weighted by atomic mass is 16.1. The highest BCUT2D eigenvalue weighted by Crippen LogP contribution is 2.18. The summed E-state index contributed by atoms with van der Waals surface area (Å²) < 4.78 is 0. The van der Waals surface area contributed by atoms with Gasteiger partial charge in [-0.2, -0.15) is 0 Å². The van der Waals surface area contributed by atoms with Gasteiger partial charge in [-0.3, -0.25) is 0 Å². The van der Waals surface area contributed by atoms with E-state index in [4.69, 9.17) is 0 Å². The van der Waals surface area contributed by atoms with Crippen molar-refractivity contribution in [2.75, 3.05) is 6.54 Å². The predicted molar refractivity (Wildman–Crippen MR) is 68.3 cm³/mol. The lowest BCUT2D eigenvalue weighted by Crippen LogP contribution is -2.17. The average Bonchev–Trinajstić information content (AvgIpc) is 3.05. The third-order valence-corrected chi connectivity index (χ3v) is 3.23. The van der Waals surface area contributed by atoms with Gasteiger partial charge < -0.3 is 15.3 Å². The minimum absolute atomic E-state index is 0.132. The first-order chi connectivity index (χ1) is 8.31. The Morgan fingerprint density at radius 1 is 1.24 bits per heavy atom. The van der Waals surface area contributed by atoms with Crippen molar-refractivity contribution < 1.29 is 0 Å². The second-order valence-corrected chi connectivity index (χ2v) is 4.79. The van der Waals surface area contributed by atoms with Crippen LogP contribution in [0.4, 0.5) is 0 Å². The number of aromatic nitrogens is 2. The lowest BCUT2D eigenvalue weighted by Gasteiger charge is -2.03. The molecule has 0 atom stereocenters. The van der Waals surface area contributed by atoms with Crippen LogP contribution >= 0.6 is 0 Å². The van der Waals surface area contributed by atoms with Gasteiger partial charge in [-0.15, -0.1) is 0 Å². The molecule has 1 aromatic carbocycles. The summed E-state index contributed by atoms with van der Waals surface area (Å²) in [6.45, 7) is 1.09. The molecule has 1 saturated carbocycles. The Hall–Kier alpha value is -1.55. The molecule has 0 saturated heterocycles. The highest BCUT2D eigenvalue weighted by molar-refractivity contribution is 5.74. The standard InChI is InChI=1S/C13H17N3O/c17-13-15-11-6-3-9(8-12(11)16-13)2-1-7-14-10-4-5-10/h3,6,8,10,14H,1-2,4-5,7H2,(H2,15,16,17). The van der Waals surface area contributed by atoms with Crippen LogP contribution in [0.15, 0.2) is 23.0 Å². The molecule has 1 heterocycles. The van der Waals surface area contributed by atoms with Crippen LogP contribution in [-0.4, -0.2) is 22.6 Å². The Balaban J connectivity index is 1.61. The van der Waals surface area contributed by atoms with Crippen molar-refractivity contribution in [2.45, 2.75) is 31.7 Å². The fourth-order valence-electron chi connectivity index (χ4n) is 2.12. The van der Waals surface area contributed by atoms with E-state index in [2.05, 4.69) is 27.4 Å². The molecular weight excluding hydrogens is 214 g/mol. The number of hydrogen-bond donors (Lipinski definition) is 3. The molecule has 0 spiro atoms. The maximum Gasteiger partial charge on any atom is 0.323 e. The minimum atomic E-state index is -0.132. The normalized spacial score (nSPS) is 15.5. The van der Waals surface area contributed by atoms with Crippen LogP contribution in [0, 0.1) is 0 Å². The molecule has 2 aromatic rings. The van der Waals surface area contributed by atoms with Gasteiger partial charge in [0.15, 0.2) is 0 Å². The van der Waals surface area contributed by atoms with Crippen molar-refractivity contribution in [1.82, 2.24) is 15.3 Å². The molecule has 17 heavy (non-hydrogen) atoms. The molecule has 1 fully saturated rings. The summed E-state index contributed by atoms with van der Waals surface area (Å²) in [6, 6.07) is 6.91. The van der Waals surface area contributed by atoms with Crippen molar-refractivity contribution >= 4 is 11.0 Å². The molecule has 0 aliphatic heterocycles. The van der Waals surface area contributed by atoms with Gasteiger partial charge in [-0.05, 0) is 49.9 Å². The SMILES string of the molecule is O=c1[nH]c2ccc(CCCNC3CC3)cc2[nH]1. The van der Waals surface area contributed by atoms with Crippen LogP contribution in [0.3, 0.4) is 0 Å². The molecule has 0 radical (unpaired) electrons. The van der Waals surface area contributed by atoms with Gasteiger partial charge in [0.2, 0.25) is 0 Å². The molecule has 1 aromatic heterocycles. The lowest BCUT2D eigenvalue weighted by molar-refractivity contribution is 0.646. The largest absolute Gasteiger partial charge is 0.323 e. The van der Waals surface area contributed by atoms with E-state index in [1.165, 1.54) is 18.4 Å². The van der Waals surface area contributed by atoms with Crippen molar-refractivity contribution in [3.63, 3.8) is 0 Å². The van der Waals surface area contributed by atoms with Crippen LogP contribution in [0.2, 0.25) is 0 Å². The summed E-state index contributed by atoms with van der Waals surface area (Å²) in [5.41, 5.74) is 2.94. The summed E-state index contributed by atoms with van der Waals surface area (Å²) in [5, 5.41) is 3.50. The van der Waals surface area contributed by atoms with Crippen LogP contribution < -0.4 is 11.0 Å². The molecule has 0 bridgehead atoms. The summed E-state index contributed by atoms with van der Waals surface area (Å²) in [7, 11) is 0. The number of rotatable bonds is 5. The topological polar surface area (TPSA) is 60.7 Å². The number of benzene rings is 1. The Morgan fingerprint density at radius 2 is 2.06 bits per heavy atom. The zero-order valence-corrected chi connectivity index (χ0v) is 9.75. The molecule has 90 valence electrons. The molecule has 4 heteroatoms.